The van der Waals surface area contributed by atoms with Gasteiger partial charge in [0.2, 0.25) is 0 Å². The van der Waals surface area contributed by atoms with E-state index < -0.39 is 0 Å². The van der Waals surface area contributed by atoms with Crippen LogP contribution >= 0.6 is 0 Å². The van der Waals surface area contributed by atoms with Gasteiger partial charge in [0.15, 0.2) is 0 Å². The molecule has 0 unspecified atom stereocenters. The predicted molar refractivity (Wildman–Crippen MR) is 327 cm³/mol. The molecule has 7 heteroatoms. The highest BCUT2D eigenvalue weighted by Crippen LogP contribution is 2.14. The third-order valence-electron chi connectivity index (χ3n) is 10.7. The molecule has 424 valence electrons. The van der Waals surface area contributed by atoms with Gasteiger partial charge in [-0.1, -0.05) is 99.5 Å². The van der Waals surface area contributed by atoms with E-state index in [1.165, 1.54) is 62.2 Å². The van der Waals surface area contributed by atoms with Crippen LogP contribution in [0.15, 0.2) is 155 Å². The van der Waals surface area contributed by atoms with Gasteiger partial charge in [-0.05, 0) is 223 Å². The molecule has 0 rings (SSSR count). The summed E-state index contributed by atoms with van der Waals surface area (Å²) in [5, 5.41) is 17.1. The summed E-state index contributed by atoms with van der Waals surface area (Å²) in [7, 11) is 0. The molecule has 0 fully saturated rings. The summed E-state index contributed by atoms with van der Waals surface area (Å²) >= 11 is 0. The van der Waals surface area contributed by atoms with Crippen LogP contribution in [-0.4, -0.2) is 55.2 Å². The van der Waals surface area contributed by atoms with Gasteiger partial charge in [0.25, 0.3) is 0 Å². The molecule has 2 N–H and O–H groups in total. The molecule has 0 saturated carbocycles. The molecule has 0 saturated heterocycles. The normalized spacial score (nSPS) is 11.4. The van der Waals surface area contributed by atoms with Gasteiger partial charge in [-0.15, -0.1) is 39.5 Å². The number of ether oxygens (including phenoxy) is 2. The summed E-state index contributed by atoms with van der Waals surface area (Å²) in [4.78, 5) is 30.9. The molecule has 0 heterocycles. The zero-order valence-electron chi connectivity index (χ0n) is 50.5. The second-order valence-corrected chi connectivity index (χ2v) is 20.0. The van der Waals surface area contributed by atoms with E-state index >= 15 is 0 Å². The van der Waals surface area contributed by atoms with Gasteiger partial charge >= 0.3 is 5.97 Å². The third kappa shape index (κ3) is 84.0. The van der Waals surface area contributed by atoms with Crippen LogP contribution in [0.1, 0.15) is 225 Å². The highest BCUT2D eigenvalue weighted by molar-refractivity contribution is 5.69. The van der Waals surface area contributed by atoms with Crippen molar-refractivity contribution in [2.75, 3.05) is 26.4 Å². The molecule has 0 radical (unpaired) electrons. The number of aliphatic hydroxyl groups is 2. The molecule has 0 atom stereocenters. The Balaban J connectivity index is -0.000000189. The number of carbonyl (C=O) groups is 3. The topological polar surface area (TPSA) is 110 Å². The highest BCUT2D eigenvalue weighted by atomic mass is 16.5. The Labute approximate surface area is 457 Å². The maximum absolute atomic E-state index is 10.8. The lowest BCUT2D eigenvalue weighted by Crippen LogP contribution is -2.02. The van der Waals surface area contributed by atoms with Crippen molar-refractivity contribution >= 4 is 18.5 Å². The second kappa shape index (κ2) is 60.7. The van der Waals surface area contributed by atoms with Gasteiger partial charge in [0.05, 0.1) is 19.0 Å². The zero-order valence-corrected chi connectivity index (χ0v) is 50.5. The Bertz CT molecular complexity index is 1630. The summed E-state index contributed by atoms with van der Waals surface area (Å²) in [5.41, 5.74) is 14.9. The van der Waals surface area contributed by atoms with Crippen molar-refractivity contribution in [1.82, 2.24) is 0 Å². The Morgan fingerprint density at radius 3 is 0.824 bits per heavy atom. The average molecular weight is 1030 g/mol. The quantitative estimate of drug-likeness (QED) is 0.0214. The molecule has 0 aromatic carbocycles. The van der Waals surface area contributed by atoms with E-state index in [9.17, 15) is 14.4 Å². The lowest BCUT2D eigenvalue weighted by Gasteiger charge is -2.05. The summed E-state index contributed by atoms with van der Waals surface area (Å²) < 4.78 is 10.4. The van der Waals surface area contributed by atoms with E-state index in [-0.39, 0.29) is 19.2 Å². The molecular weight excluding hydrogens is 917 g/mol. The molecule has 7 nitrogen and oxygen atoms in total. The standard InChI is InChI=1S/C14H24O.C13H22O2.2C10H18O.2C10H16O/c1-6-14(5)15-11-10-13(4)9-7-8-12(2)3;1-5-13(14)15-10-9-12(4)8-6-7-11(2)3;4*1-9(2)5-4-6-10(3)7-8-11/h10H,2,5-9,11H2,1,3-4H3;9H,2,5-8,10H2,1,3-4H3;2*7,11H,1,4-6,8H2,2-3H3;2*7-8H,1,4-6H2,2-3H3/b13-10+;12-9-;10-7+;10-7-;10-7+;10-7-. The van der Waals surface area contributed by atoms with Crippen LogP contribution in [-0.2, 0) is 23.9 Å². The Morgan fingerprint density at radius 2 is 0.608 bits per heavy atom. The predicted octanol–water partition coefficient (Wildman–Crippen LogP) is 19.4. The minimum Gasteiger partial charge on any atom is -0.495 e. The van der Waals surface area contributed by atoms with E-state index in [0.29, 0.717) is 19.6 Å². The molecule has 0 aromatic rings. The van der Waals surface area contributed by atoms with Crippen molar-refractivity contribution in [3.8, 4) is 0 Å². The molecule has 0 bridgehead atoms. The van der Waals surface area contributed by atoms with Crippen molar-refractivity contribution in [1.29, 1.82) is 0 Å². The second-order valence-electron chi connectivity index (χ2n) is 20.0. The fourth-order valence-electron chi connectivity index (χ4n) is 5.92. The number of hydrogen-bond acceptors (Lipinski definition) is 7. The number of hydrogen-bond donors (Lipinski definition) is 2. The zero-order chi connectivity index (χ0) is 58.1. The molecule has 74 heavy (non-hydrogen) atoms. The molecule has 0 aliphatic heterocycles. The lowest BCUT2D eigenvalue weighted by atomic mass is 10.1. The number of esters is 1. The van der Waals surface area contributed by atoms with E-state index in [1.54, 1.807) is 19.1 Å². The highest BCUT2D eigenvalue weighted by Gasteiger charge is 1.98. The van der Waals surface area contributed by atoms with Crippen molar-refractivity contribution < 1.29 is 34.1 Å². The van der Waals surface area contributed by atoms with E-state index in [0.717, 1.165) is 145 Å². The first-order chi connectivity index (χ1) is 34.8. The Morgan fingerprint density at radius 1 is 0.365 bits per heavy atom. The minimum atomic E-state index is -0.138. The van der Waals surface area contributed by atoms with E-state index in [4.69, 9.17) is 19.7 Å². The van der Waals surface area contributed by atoms with Crippen LogP contribution in [0.25, 0.3) is 0 Å². The molecule has 0 aliphatic rings. The monoisotopic (exact) mass is 1030 g/mol. The third-order valence-corrected chi connectivity index (χ3v) is 10.7. The molecular formula is C67H114O7. The smallest absolute Gasteiger partial charge is 0.305 e. The van der Waals surface area contributed by atoms with Crippen LogP contribution in [0.5, 0.6) is 0 Å². The maximum Gasteiger partial charge on any atom is 0.305 e. The lowest BCUT2D eigenvalue weighted by molar-refractivity contribution is -0.142. The summed E-state index contributed by atoms with van der Waals surface area (Å²) in [6, 6.07) is 0. The maximum atomic E-state index is 10.8. The minimum absolute atomic E-state index is 0.138. The Hall–Kier alpha value is -4.85. The van der Waals surface area contributed by atoms with Crippen molar-refractivity contribution in [3.63, 3.8) is 0 Å². The van der Waals surface area contributed by atoms with E-state index in [1.807, 2.05) is 73.6 Å². The average Bonchev–Trinajstić information content (AvgIpc) is 3.29. The van der Waals surface area contributed by atoms with Crippen LogP contribution in [0, 0.1) is 0 Å². The summed E-state index contributed by atoms with van der Waals surface area (Å²) in [6.07, 6.45) is 33.8. The fraction of sp³-hybridized carbons (Fsp3) is 0.567. The number of aldehydes is 2. The summed E-state index contributed by atoms with van der Waals surface area (Å²) in [5.74, 6) is 0.724. The summed E-state index contributed by atoms with van der Waals surface area (Å²) in [6.45, 7) is 56.6. The van der Waals surface area contributed by atoms with Crippen molar-refractivity contribution in [2.45, 2.75) is 225 Å². The number of carbonyl (C=O) groups excluding carboxylic acids is 3. The molecule has 0 amide bonds. The first-order valence-corrected chi connectivity index (χ1v) is 27.2. The number of allylic oxidation sites excluding steroid dienone is 15. The van der Waals surface area contributed by atoms with Crippen LogP contribution in [0.4, 0.5) is 0 Å². The van der Waals surface area contributed by atoms with Crippen LogP contribution in [0.2, 0.25) is 0 Å². The van der Waals surface area contributed by atoms with Gasteiger partial charge in [0, 0.05) is 12.8 Å². The SMILES string of the molecule is C=C(C)CCC/C(C)=C/C=O.C=C(C)CCC/C(C)=C/CO.C=C(C)CCC/C(C)=C/COC(=C)CC.C=C(C)CCC/C(C)=C\C=O.C=C(C)CCC/C(C)=C\CO.C=C(C)CCC/C(C)=C\COC(=O)CC. The Kier molecular flexibility index (Phi) is 66.1. The fourth-order valence-corrected chi connectivity index (χ4v) is 5.92. The van der Waals surface area contributed by atoms with Gasteiger partial charge in [0.1, 0.15) is 25.8 Å². The largest absolute Gasteiger partial charge is 0.495 e. The molecule has 0 aromatic heterocycles. The molecule has 0 spiro atoms. The number of aliphatic hydroxyl groups excluding tert-OH is 2. The molecule has 0 aliphatic carbocycles. The van der Waals surface area contributed by atoms with Gasteiger partial charge in [-0.2, -0.15) is 0 Å². The van der Waals surface area contributed by atoms with E-state index in [2.05, 4.69) is 86.7 Å². The van der Waals surface area contributed by atoms with Crippen LogP contribution in [0.3, 0.4) is 0 Å². The van der Waals surface area contributed by atoms with Gasteiger partial charge < -0.3 is 19.7 Å². The number of rotatable bonds is 35. The van der Waals surface area contributed by atoms with Crippen LogP contribution < -0.4 is 0 Å². The first kappa shape index (κ1) is 80.5. The van der Waals surface area contributed by atoms with Gasteiger partial charge in [-0.3, -0.25) is 14.4 Å². The first-order valence-electron chi connectivity index (χ1n) is 27.2. The van der Waals surface area contributed by atoms with Crippen molar-refractivity contribution in [3.05, 3.63) is 155 Å². The van der Waals surface area contributed by atoms with Gasteiger partial charge in [-0.25, -0.2) is 0 Å². The van der Waals surface area contributed by atoms with Crippen molar-refractivity contribution in [2.24, 2.45) is 0 Å².